The molecule has 0 bridgehead atoms. The summed E-state index contributed by atoms with van der Waals surface area (Å²) < 4.78 is 43.6. The first-order valence-electron chi connectivity index (χ1n) is 4.88. The number of nitrogens with one attached hydrogen (secondary N) is 1. The summed E-state index contributed by atoms with van der Waals surface area (Å²) in [6.07, 6.45) is 0. The van der Waals surface area contributed by atoms with Gasteiger partial charge in [0, 0.05) is 5.57 Å². The van der Waals surface area contributed by atoms with E-state index in [1.165, 1.54) is 4.90 Å². The minimum Gasteiger partial charge on any atom is -0.463 e. The number of hydrogen-bond donors (Lipinski definition) is 1. The summed E-state index contributed by atoms with van der Waals surface area (Å²) in [5.41, 5.74) is 0.451. The zero-order chi connectivity index (χ0) is 14.6. The van der Waals surface area contributed by atoms with E-state index in [0.29, 0.717) is 12.2 Å². The summed E-state index contributed by atoms with van der Waals surface area (Å²) >= 11 is 0. The largest absolute Gasteiger partial charge is 0.673 e. The van der Waals surface area contributed by atoms with E-state index >= 15 is 0 Å². The molecule has 1 N–H and O–H groups in total. The third-order valence-electron chi connectivity index (χ3n) is 0.624. The Kier molecular flexibility index (Phi) is 14.3. The summed E-state index contributed by atoms with van der Waals surface area (Å²) in [7, 11) is 0.250. The van der Waals surface area contributed by atoms with Gasteiger partial charge < -0.3 is 26.9 Å². The molecule has 0 atom stereocenters. The molecule has 0 spiro atoms. The van der Waals surface area contributed by atoms with Crippen LogP contribution in [0.4, 0.5) is 17.3 Å². The van der Waals surface area contributed by atoms with Gasteiger partial charge in [-0.05, 0) is 13.8 Å². The first-order chi connectivity index (χ1) is 7.41. The Balaban J connectivity index is -0.000000188. The number of esters is 1. The van der Waals surface area contributed by atoms with E-state index in [2.05, 4.69) is 32.5 Å². The zero-order valence-electron chi connectivity index (χ0n) is 10.8. The van der Waals surface area contributed by atoms with Gasteiger partial charge in [0.2, 0.25) is 0 Å². The Hall–Kier alpha value is -1.05. The number of rotatable bonds is 2. The molecule has 0 radical (unpaired) electrons. The highest BCUT2D eigenvalue weighted by molar-refractivity contribution is 6.50. The van der Waals surface area contributed by atoms with Crippen LogP contribution in [-0.2, 0) is 9.53 Å². The number of hydrogen-bond acceptors (Lipinski definition) is 2. The maximum atomic E-state index is 10.4. The van der Waals surface area contributed by atoms with Crippen LogP contribution < -0.4 is 4.90 Å². The van der Waals surface area contributed by atoms with Gasteiger partial charge in [0.25, 0.3) is 0 Å². The SMILES string of the molecule is C=C(C)C(=O)OCC.C[NH+](C)C.F[B-](F)(F)F. The van der Waals surface area contributed by atoms with Crippen molar-refractivity contribution >= 4 is 13.2 Å². The van der Waals surface area contributed by atoms with Gasteiger partial charge in [0.1, 0.15) is 0 Å². The third-order valence-corrected chi connectivity index (χ3v) is 0.624. The van der Waals surface area contributed by atoms with Crippen molar-refractivity contribution in [3.05, 3.63) is 12.2 Å². The van der Waals surface area contributed by atoms with E-state index < -0.39 is 7.25 Å². The number of quaternary nitrogens is 1. The maximum Gasteiger partial charge on any atom is 0.673 e. The fraction of sp³-hybridized carbons (Fsp3) is 0.667. The number of carbonyl (C=O) groups excluding carboxylic acids is 1. The Labute approximate surface area is 99.5 Å². The fourth-order valence-electron chi connectivity index (χ4n) is 0.254. The first kappa shape index (κ1) is 21.3. The van der Waals surface area contributed by atoms with Crippen molar-refractivity contribution in [2.75, 3.05) is 27.7 Å². The van der Waals surface area contributed by atoms with Crippen molar-refractivity contribution in [1.29, 1.82) is 0 Å². The predicted octanol–water partition coefficient (Wildman–Crippen LogP) is 1.19. The molecular formula is C9H20BF4NO2. The van der Waals surface area contributed by atoms with Crippen LogP contribution in [0.5, 0.6) is 0 Å². The van der Waals surface area contributed by atoms with Crippen LogP contribution in [0, 0.1) is 0 Å². The van der Waals surface area contributed by atoms with Gasteiger partial charge in [0.05, 0.1) is 27.7 Å². The number of halogens is 4. The Morgan fingerprint density at radius 1 is 1.24 bits per heavy atom. The normalized spacial score (nSPS) is 9.53. The average Bonchev–Trinajstić information content (AvgIpc) is 1.99. The second-order valence-corrected chi connectivity index (χ2v) is 3.50. The highest BCUT2D eigenvalue weighted by Crippen LogP contribution is 2.06. The monoisotopic (exact) mass is 261 g/mol. The van der Waals surface area contributed by atoms with E-state index in [1.807, 2.05) is 0 Å². The van der Waals surface area contributed by atoms with E-state index in [-0.39, 0.29) is 5.97 Å². The molecule has 0 aliphatic heterocycles. The minimum atomic E-state index is -6.00. The van der Waals surface area contributed by atoms with Crippen molar-refractivity contribution < 1.29 is 31.7 Å². The molecule has 8 heteroatoms. The average molecular weight is 261 g/mol. The molecule has 0 aliphatic carbocycles. The molecule has 0 rings (SSSR count). The molecule has 0 aromatic carbocycles. The smallest absolute Gasteiger partial charge is 0.463 e. The Bertz CT molecular complexity index is 211. The molecule has 0 saturated carbocycles. The molecule has 3 nitrogen and oxygen atoms in total. The molecular weight excluding hydrogens is 241 g/mol. The molecule has 0 saturated heterocycles. The van der Waals surface area contributed by atoms with Gasteiger partial charge in [-0.25, -0.2) is 4.79 Å². The highest BCUT2D eigenvalue weighted by atomic mass is 19.5. The number of carbonyl (C=O) groups is 1. The van der Waals surface area contributed by atoms with Crippen LogP contribution >= 0.6 is 0 Å². The topological polar surface area (TPSA) is 30.7 Å². The number of ether oxygens (including phenoxy) is 1. The Morgan fingerprint density at radius 2 is 1.47 bits per heavy atom. The molecule has 0 heterocycles. The van der Waals surface area contributed by atoms with Gasteiger partial charge in [-0.1, -0.05) is 6.58 Å². The van der Waals surface area contributed by atoms with E-state index in [4.69, 9.17) is 0 Å². The molecule has 0 amide bonds. The molecule has 0 aliphatic rings. The van der Waals surface area contributed by atoms with Gasteiger partial charge in [0.15, 0.2) is 0 Å². The van der Waals surface area contributed by atoms with Crippen molar-refractivity contribution in [3.63, 3.8) is 0 Å². The van der Waals surface area contributed by atoms with E-state index in [1.54, 1.807) is 13.8 Å². The lowest BCUT2D eigenvalue weighted by atomic mass is 10.3. The van der Waals surface area contributed by atoms with Crippen molar-refractivity contribution in [3.8, 4) is 0 Å². The van der Waals surface area contributed by atoms with Crippen LogP contribution in [0.1, 0.15) is 13.8 Å². The van der Waals surface area contributed by atoms with Gasteiger partial charge in [-0.3, -0.25) is 0 Å². The fourth-order valence-corrected chi connectivity index (χ4v) is 0.254. The lowest BCUT2D eigenvalue weighted by Gasteiger charge is -1.96. The standard InChI is InChI=1S/C6H10O2.C3H9N.BF4/c1-4-8-6(7)5(2)3;1-4(2)3;2-1(3,4)5/h2,4H2,1,3H3;1-3H3;/q;;-1/p+1. The summed E-state index contributed by atoms with van der Waals surface area (Å²) in [6, 6.07) is 0. The van der Waals surface area contributed by atoms with Crippen molar-refractivity contribution in [2.45, 2.75) is 13.8 Å². The molecule has 0 fully saturated rings. The molecule has 104 valence electrons. The maximum absolute atomic E-state index is 10.4. The molecule has 0 aromatic rings. The molecule has 0 aromatic heterocycles. The summed E-state index contributed by atoms with van der Waals surface area (Å²) in [5, 5.41) is 0. The second kappa shape index (κ2) is 11.4. The summed E-state index contributed by atoms with van der Waals surface area (Å²) in [4.78, 5) is 11.8. The highest BCUT2D eigenvalue weighted by Gasteiger charge is 2.20. The second-order valence-electron chi connectivity index (χ2n) is 3.50. The van der Waals surface area contributed by atoms with Crippen LogP contribution in [0.3, 0.4) is 0 Å². The van der Waals surface area contributed by atoms with Crippen LogP contribution in [0.2, 0.25) is 0 Å². The van der Waals surface area contributed by atoms with Crippen LogP contribution in [0.15, 0.2) is 12.2 Å². The molecule has 0 unspecified atom stereocenters. The summed E-state index contributed by atoms with van der Waals surface area (Å²) in [6.45, 7) is 7.21. The summed E-state index contributed by atoms with van der Waals surface area (Å²) in [5.74, 6) is -0.312. The molecule has 17 heavy (non-hydrogen) atoms. The van der Waals surface area contributed by atoms with E-state index in [9.17, 15) is 22.1 Å². The lowest BCUT2D eigenvalue weighted by Crippen LogP contribution is -3.02. The predicted molar refractivity (Wildman–Crippen MR) is 60.4 cm³/mol. The zero-order valence-corrected chi connectivity index (χ0v) is 10.8. The van der Waals surface area contributed by atoms with Crippen molar-refractivity contribution in [2.24, 2.45) is 0 Å². The lowest BCUT2D eigenvalue weighted by molar-refractivity contribution is -0.836. The first-order valence-corrected chi connectivity index (χ1v) is 4.88. The quantitative estimate of drug-likeness (QED) is 0.350. The van der Waals surface area contributed by atoms with Gasteiger partial charge in [-0.2, -0.15) is 0 Å². The van der Waals surface area contributed by atoms with Crippen LogP contribution in [-0.4, -0.2) is 41.0 Å². The third kappa shape index (κ3) is 70.8. The minimum absolute atomic E-state index is 0.312. The van der Waals surface area contributed by atoms with Crippen molar-refractivity contribution in [1.82, 2.24) is 0 Å². The van der Waals surface area contributed by atoms with Gasteiger partial charge in [-0.15, -0.1) is 0 Å². The van der Waals surface area contributed by atoms with E-state index in [0.717, 1.165) is 0 Å². The van der Waals surface area contributed by atoms with Crippen LogP contribution in [0.25, 0.3) is 0 Å². The Morgan fingerprint density at radius 3 is 1.53 bits per heavy atom. The van der Waals surface area contributed by atoms with Gasteiger partial charge >= 0.3 is 13.2 Å².